The summed E-state index contributed by atoms with van der Waals surface area (Å²) in [4.78, 5) is 4.44. The maximum Gasteiger partial charge on any atom is 0.258 e. The van der Waals surface area contributed by atoms with Crippen molar-refractivity contribution in [2.75, 3.05) is 6.54 Å². The Morgan fingerprint density at radius 3 is 3.10 bits per heavy atom. The summed E-state index contributed by atoms with van der Waals surface area (Å²) in [5.41, 5.74) is 1.59. The average Bonchev–Trinajstić information content (AvgIpc) is 2.77. The predicted molar refractivity (Wildman–Crippen MR) is 73.6 cm³/mol. The standard InChI is InChI=1S/C15H18FN3O/c1-10-6-7-11(16)9-12(10)15-18-14(19-20-15)13-5-3-2-4-8-17-13/h6-7,9,13,17H,2-5,8H2,1H3. The van der Waals surface area contributed by atoms with Crippen molar-refractivity contribution in [1.82, 2.24) is 15.5 Å². The maximum atomic E-state index is 13.3. The third kappa shape index (κ3) is 2.72. The van der Waals surface area contributed by atoms with Gasteiger partial charge in [0, 0.05) is 5.56 Å². The normalized spacial score (nSPS) is 19.8. The minimum absolute atomic E-state index is 0.142. The summed E-state index contributed by atoms with van der Waals surface area (Å²) in [5.74, 6) is 0.770. The minimum Gasteiger partial charge on any atom is -0.334 e. The van der Waals surface area contributed by atoms with Gasteiger partial charge in [-0.15, -0.1) is 0 Å². The van der Waals surface area contributed by atoms with Crippen molar-refractivity contribution >= 4 is 0 Å². The fraction of sp³-hybridized carbons (Fsp3) is 0.467. The Kier molecular flexibility index (Phi) is 3.78. The molecule has 20 heavy (non-hydrogen) atoms. The van der Waals surface area contributed by atoms with Crippen LogP contribution < -0.4 is 5.32 Å². The number of benzene rings is 1. The number of aromatic nitrogens is 2. The second-order valence-electron chi connectivity index (χ2n) is 5.27. The lowest BCUT2D eigenvalue weighted by molar-refractivity contribution is 0.402. The second kappa shape index (κ2) is 5.71. The fourth-order valence-electron chi connectivity index (χ4n) is 2.56. The number of rotatable bonds is 2. The SMILES string of the molecule is Cc1ccc(F)cc1-c1nc(C2CCCCCN2)no1. The molecule has 1 unspecified atom stereocenters. The van der Waals surface area contributed by atoms with Crippen LogP contribution in [0.15, 0.2) is 22.7 Å². The van der Waals surface area contributed by atoms with E-state index in [1.165, 1.54) is 31.4 Å². The molecule has 2 heterocycles. The zero-order valence-corrected chi connectivity index (χ0v) is 11.5. The molecule has 1 atom stereocenters. The molecule has 2 aromatic rings. The van der Waals surface area contributed by atoms with Gasteiger partial charge in [0.1, 0.15) is 5.82 Å². The first-order valence-electron chi connectivity index (χ1n) is 7.07. The average molecular weight is 275 g/mol. The largest absolute Gasteiger partial charge is 0.334 e. The number of hydrogen-bond acceptors (Lipinski definition) is 4. The molecule has 1 saturated heterocycles. The summed E-state index contributed by atoms with van der Waals surface area (Å²) in [6.07, 6.45) is 4.60. The maximum absolute atomic E-state index is 13.3. The van der Waals surface area contributed by atoms with Crippen LogP contribution in [0.5, 0.6) is 0 Å². The molecule has 0 saturated carbocycles. The highest BCUT2D eigenvalue weighted by atomic mass is 19.1. The molecule has 106 valence electrons. The highest BCUT2D eigenvalue weighted by Gasteiger charge is 2.20. The van der Waals surface area contributed by atoms with Gasteiger partial charge in [-0.1, -0.05) is 24.1 Å². The molecule has 0 amide bonds. The molecule has 1 aliphatic rings. The minimum atomic E-state index is -0.294. The summed E-state index contributed by atoms with van der Waals surface area (Å²) in [5, 5.41) is 7.49. The molecular weight excluding hydrogens is 257 g/mol. The van der Waals surface area contributed by atoms with Gasteiger partial charge in [0.25, 0.3) is 5.89 Å². The lowest BCUT2D eigenvalue weighted by Gasteiger charge is -2.09. The third-order valence-electron chi connectivity index (χ3n) is 3.74. The number of nitrogens with one attached hydrogen (secondary N) is 1. The third-order valence-corrected chi connectivity index (χ3v) is 3.74. The van der Waals surface area contributed by atoms with E-state index >= 15 is 0 Å². The molecule has 1 fully saturated rings. The number of hydrogen-bond donors (Lipinski definition) is 1. The molecular formula is C15H18FN3O. The lowest BCUT2D eigenvalue weighted by Crippen LogP contribution is -2.21. The Balaban J connectivity index is 1.87. The Morgan fingerprint density at radius 2 is 2.20 bits per heavy atom. The van der Waals surface area contributed by atoms with Gasteiger partial charge in [-0.2, -0.15) is 4.98 Å². The zero-order valence-electron chi connectivity index (χ0n) is 11.5. The van der Waals surface area contributed by atoms with E-state index in [-0.39, 0.29) is 11.9 Å². The molecule has 0 bridgehead atoms. The molecule has 5 heteroatoms. The summed E-state index contributed by atoms with van der Waals surface area (Å²) < 4.78 is 18.7. The van der Waals surface area contributed by atoms with Gasteiger partial charge in [0.15, 0.2) is 5.82 Å². The quantitative estimate of drug-likeness (QED) is 0.912. The van der Waals surface area contributed by atoms with Crippen molar-refractivity contribution in [2.45, 2.75) is 38.6 Å². The molecule has 0 aliphatic carbocycles. The summed E-state index contributed by atoms with van der Waals surface area (Å²) in [6, 6.07) is 4.73. The monoisotopic (exact) mass is 275 g/mol. The summed E-state index contributed by atoms with van der Waals surface area (Å²) in [7, 11) is 0. The molecule has 0 radical (unpaired) electrons. The second-order valence-corrected chi connectivity index (χ2v) is 5.27. The first kappa shape index (κ1) is 13.2. The molecule has 3 rings (SSSR count). The van der Waals surface area contributed by atoms with Crippen molar-refractivity contribution < 1.29 is 8.91 Å². The van der Waals surface area contributed by atoms with E-state index in [1.54, 1.807) is 6.07 Å². The highest BCUT2D eigenvalue weighted by molar-refractivity contribution is 5.58. The molecule has 1 aromatic heterocycles. The predicted octanol–water partition coefficient (Wildman–Crippen LogP) is 3.39. The van der Waals surface area contributed by atoms with Crippen molar-refractivity contribution in [3.05, 3.63) is 35.4 Å². The summed E-state index contributed by atoms with van der Waals surface area (Å²) >= 11 is 0. The van der Waals surface area contributed by atoms with Crippen LogP contribution in [0.25, 0.3) is 11.5 Å². The zero-order chi connectivity index (χ0) is 13.9. The topological polar surface area (TPSA) is 51.0 Å². The molecule has 0 spiro atoms. The van der Waals surface area contributed by atoms with Crippen LogP contribution in [0, 0.1) is 12.7 Å². The van der Waals surface area contributed by atoms with Crippen LogP contribution in [-0.4, -0.2) is 16.7 Å². The number of nitrogens with zero attached hydrogens (tertiary/aromatic N) is 2. The van der Waals surface area contributed by atoms with E-state index < -0.39 is 0 Å². The highest BCUT2D eigenvalue weighted by Crippen LogP contribution is 2.26. The summed E-state index contributed by atoms with van der Waals surface area (Å²) in [6.45, 7) is 2.88. The first-order valence-corrected chi connectivity index (χ1v) is 7.07. The molecule has 1 N–H and O–H groups in total. The van der Waals surface area contributed by atoms with Crippen LogP contribution in [0.1, 0.15) is 43.1 Å². The van der Waals surface area contributed by atoms with Crippen LogP contribution in [-0.2, 0) is 0 Å². The molecule has 4 nitrogen and oxygen atoms in total. The molecule has 1 aromatic carbocycles. The van der Waals surface area contributed by atoms with Crippen molar-refractivity contribution in [3.8, 4) is 11.5 Å². The van der Waals surface area contributed by atoms with Gasteiger partial charge in [-0.25, -0.2) is 4.39 Å². The van der Waals surface area contributed by atoms with E-state index in [9.17, 15) is 4.39 Å². The van der Waals surface area contributed by atoms with Gasteiger partial charge in [0.2, 0.25) is 0 Å². The van der Waals surface area contributed by atoms with Crippen LogP contribution >= 0.6 is 0 Å². The Bertz CT molecular complexity index is 589. The van der Waals surface area contributed by atoms with Crippen LogP contribution in [0.3, 0.4) is 0 Å². The lowest BCUT2D eigenvalue weighted by atomic mass is 10.1. The van der Waals surface area contributed by atoms with Gasteiger partial charge in [-0.3, -0.25) is 0 Å². The van der Waals surface area contributed by atoms with Gasteiger partial charge in [-0.05, 0) is 44.0 Å². The van der Waals surface area contributed by atoms with Crippen molar-refractivity contribution in [1.29, 1.82) is 0 Å². The van der Waals surface area contributed by atoms with E-state index in [0.29, 0.717) is 17.3 Å². The Hall–Kier alpha value is -1.75. The number of halogens is 1. The van der Waals surface area contributed by atoms with Gasteiger partial charge >= 0.3 is 0 Å². The van der Waals surface area contributed by atoms with E-state index in [1.807, 2.05) is 6.92 Å². The van der Waals surface area contributed by atoms with E-state index in [2.05, 4.69) is 15.5 Å². The number of aryl methyl sites for hydroxylation is 1. The Morgan fingerprint density at radius 1 is 1.30 bits per heavy atom. The van der Waals surface area contributed by atoms with Gasteiger partial charge in [0.05, 0.1) is 6.04 Å². The fourth-order valence-corrected chi connectivity index (χ4v) is 2.56. The van der Waals surface area contributed by atoms with Gasteiger partial charge < -0.3 is 9.84 Å². The van der Waals surface area contributed by atoms with E-state index in [4.69, 9.17) is 4.52 Å². The first-order chi connectivity index (χ1) is 9.74. The Labute approximate surface area is 117 Å². The van der Waals surface area contributed by atoms with E-state index in [0.717, 1.165) is 18.5 Å². The van der Waals surface area contributed by atoms with Crippen LogP contribution in [0.2, 0.25) is 0 Å². The van der Waals surface area contributed by atoms with Crippen molar-refractivity contribution in [2.24, 2.45) is 0 Å². The molecule has 1 aliphatic heterocycles. The van der Waals surface area contributed by atoms with Crippen molar-refractivity contribution in [3.63, 3.8) is 0 Å². The van der Waals surface area contributed by atoms with Crippen LogP contribution in [0.4, 0.5) is 4.39 Å². The smallest absolute Gasteiger partial charge is 0.258 e.